The Kier molecular flexibility index (Phi) is 7.09. The van der Waals surface area contributed by atoms with Gasteiger partial charge in [-0.2, -0.15) is 4.98 Å². The molecule has 2 fully saturated rings. The van der Waals surface area contributed by atoms with Gasteiger partial charge in [-0.1, -0.05) is 18.4 Å². The number of hydrogen-bond donors (Lipinski definition) is 1. The lowest BCUT2D eigenvalue weighted by Crippen LogP contribution is -2.50. The zero-order valence-corrected chi connectivity index (χ0v) is 22.9. The number of hydrogen-bond acceptors (Lipinski definition) is 7. The predicted octanol–water partition coefficient (Wildman–Crippen LogP) is 5.02. The van der Waals surface area contributed by atoms with Crippen molar-refractivity contribution in [2.75, 3.05) is 34.1 Å². The molecule has 2 aromatic carbocycles. The third kappa shape index (κ3) is 4.69. The lowest BCUT2D eigenvalue weighted by molar-refractivity contribution is 0.0132. The predicted molar refractivity (Wildman–Crippen MR) is 151 cm³/mol. The van der Waals surface area contributed by atoms with Gasteiger partial charge in [-0.05, 0) is 62.9 Å². The van der Waals surface area contributed by atoms with Crippen LogP contribution in [-0.4, -0.2) is 60.0 Å². The SMILES string of the molecule is C#Cc1c(F)ccc2cc(OCOC)cc(-c3ncc4c(=O)[nH]c(OC[C@]56CCC[C@H]5N(C)CCC6)nc4c3F)c12. The number of H-pyrrole nitrogens is 1. The molecule has 3 heterocycles. The molecule has 1 aliphatic heterocycles. The largest absolute Gasteiger partial charge is 0.468 e. The van der Waals surface area contributed by atoms with E-state index in [-0.39, 0.29) is 51.3 Å². The Morgan fingerprint density at radius 2 is 2.05 bits per heavy atom. The van der Waals surface area contributed by atoms with Gasteiger partial charge < -0.3 is 19.1 Å². The molecule has 41 heavy (non-hydrogen) atoms. The lowest BCUT2D eigenvalue weighted by Gasteiger charge is -2.44. The van der Waals surface area contributed by atoms with E-state index in [9.17, 15) is 9.18 Å². The molecule has 0 unspecified atom stereocenters. The van der Waals surface area contributed by atoms with Crippen molar-refractivity contribution in [2.24, 2.45) is 5.41 Å². The van der Waals surface area contributed by atoms with Crippen LogP contribution in [-0.2, 0) is 4.74 Å². The molecule has 0 bridgehead atoms. The van der Waals surface area contributed by atoms with E-state index in [2.05, 4.69) is 32.8 Å². The molecular formula is C31H30F2N4O4. The Bertz CT molecular complexity index is 1750. The van der Waals surface area contributed by atoms with Gasteiger partial charge in [0.05, 0.1) is 17.6 Å². The normalized spacial score (nSPS) is 20.7. The standard InChI is InChI=1S/C31H30F2N4O4/c1-4-20-23(32)9-8-18-13-19(41-17-39-3)14-21(25(18)20)27-26(33)28-22(15-34-27)29(38)36-30(35-28)40-16-31-10-5-7-24(31)37(2)12-6-11-31/h1,8-9,13-15,24H,5-7,10-12,16-17H2,2-3H3,(H,35,36,38)/t24-,31-/m1/s1. The summed E-state index contributed by atoms with van der Waals surface area (Å²) in [5.41, 5.74) is -0.795. The third-order valence-corrected chi connectivity index (χ3v) is 8.53. The fourth-order valence-electron chi connectivity index (χ4n) is 6.64. The van der Waals surface area contributed by atoms with Gasteiger partial charge in [0.1, 0.15) is 22.8 Å². The van der Waals surface area contributed by atoms with Crippen LogP contribution in [0.25, 0.3) is 32.9 Å². The number of piperidine rings is 1. The third-order valence-electron chi connectivity index (χ3n) is 8.53. The molecular weight excluding hydrogens is 530 g/mol. The molecule has 1 aliphatic carbocycles. The van der Waals surface area contributed by atoms with E-state index < -0.39 is 17.2 Å². The zero-order chi connectivity index (χ0) is 28.7. The average Bonchev–Trinajstić information content (AvgIpc) is 3.41. The van der Waals surface area contributed by atoms with Gasteiger partial charge in [0.15, 0.2) is 12.6 Å². The minimum absolute atomic E-state index is 0.0280. The number of rotatable bonds is 7. The van der Waals surface area contributed by atoms with Crippen molar-refractivity contribution in [3.63, 3.8) is 0 Å². The smallest absolute Gasteiger partial charge is 0.297 e. The van der Waals surface area contributed by atoms with E-state index in [1.807, 2.05) is 0 Å². The maximum Gasteiger partial charge on any atom is 0.297 e. The second kappa shape index (κ2) is 10.7. The molecule has 0 amide bonds. The van der Waals surface area contributed by atoms with Gasteiger partial charge >= 0.3 is 0 Å². The average molecular weight is 561 g/mol. The highest BCUT2D eigenvalue weighted by Gasteiger charge is 2.47. The number of ether oxygens (including phenoxy) is 3. The number of aromatic nitrogens is 3. The molecule has 1 N–H and O–H groups in total. The number of nitrogens with one attached hydrogen (secondary N) is 1. The summed E-state index contributed by atoms with van der Waals surface area (Å²) in [7, 11) is 3.61. The number of aromatic amines is 1. The van der Waals surface area contributed by atoms with E-state index >= 15 is 4.39 Å². The highest BCUT2D eigenvalue weighted by Crippen LogP contribution is 2.47. The number of benzene rings is 2. The van der Waals surface area contributed by atoms with Crippen LogP contribution in [0.5, 0.6) is 11.8 Å². The van der Waals surface area contributed by atoms with Crippen molar-refractivity contribution in [3.05, 3.63) is 58.0 Å². The monoisotopic (exact) mass is 560 g/mol. The van der Waals surface area contributed by atoms with Crippen molar-refractivity contribution >= 4 is 21.7 Å². The second-order valence-corrected chi connectivity index (χ2v) is 10.9. The molecule has 10 heteroatoms. The van der Waals surface area contributed by atoms with Crippen molar-refractivity contribution < 1.29 is 23.0 Å². The van der Waals surface area contributed by atoms with Crippen LogP contribution in [0.4, 0.5) is 8.78 Å². The summed E-state index contributed by atoms with van der Waals surface area (Å²) in [5.74, 6) is 1.23. The molecule has 8 nitrogen and oxygen atoms in total. The summed E-state index contributed by atoms with van der Waals surface area (Å²) in [6.07, 6.45) is 12.3. The molecule has 2 aromatic heterocycles. The van der Waals surface area contributed by atoms with E-state index in [1.54, 1.807) is 6.07 Å². The molecule has 2 atom stereocenters. The number of methoxy groups -OCH3 is 1. The Hall–Kier alpha value is -4.07. The fraction of sp³-hybridized carbons (Fsp3) is 0.387. The molecule has 212 valence electrons. The first-order valence-corrected chi connectivity index (χ1v) is 13.6. The van der Waals surface area contributed by atoms with E-state index in [0.717, 1.165) is 38.6 Å². The highest BCUT2D eigenvalue weighted by molar-refractivity contribution is 6.02. The lowest BCUT2D eigenvalue weighted by atomic mass is 9.76. The number of likely N-dealkylation sites (tertiary alicyclic amines) is 1. The highest BCUT2D eigenvalue weighted by atomic mass is 19.1. The van der Waals surface area contributed by atoms with Crippen LogP contribution in [0.3, 0.4) is 0 Å². The van der Waals surface area contributed by atoms with Crippen LogP contribution in [0, 0.1) is 29.4 Å². The minimum Gasteiger partial charge on any atom is -0.468 e. The van der Waals surface area contributed by atoms with Crippen molar-refractivity contribution in [2.45, 2.75) is 38.1 Å². The van der Waals surface area contributed by atoms with E-state index in [1.165, 1.54) is 31.5 Å². The molecule has 6 rings (SSSR count). The van der Waals surface area contributed by atoms with Gasteiger partial charge in [0.2, 0.25) is 0 Å². The Morgan fingerprint density at radius 3 is 2.85 bits per heavy atom. The summed E-state index contributed by atoms with van der Waals surface area (Å²) in [5, 5.41) is 0.777. The Balaban J connectivity index is 1.45. The molecule has 0 spiro atoms. The maximum atomic E-state index is 16.3. The quantitative estimate of drug-likeness (QED) is 0.251. The summed E-state index contributed by atoms with van der Waals surface area (Å²) in [4.78, 5) is 26.6. The topological polar surface area (TPSA) is 89.6 Å². The molecule has 1 saturated heterocycles. The van der Waals surface area contributed by atoms with Crippen molar-refractivity contribution in [1.82, 2.24) is 19.9 Å². The number of pyridine rings is 1. The van der Waals surface area contributed by atoms with E-state index in [4.69, 9.17) is 20.6 Å². The van der Waals surface area contributed by atoms with Crippen LogP contribution in [0.2, 0.25) is 0 Å². The molecule has 4 aromatic rings. The Morgan fingerprint density at radius 1 is 1.22 bits per heavy atom. The van der Waals surface area contributed by atoms with Gasteiger partial charge in [-0.15, -0.1) is 6.42 Å². The minimum atomic E-state index is -0.856. The Labute approximate surface area is 235 Å². The van der Waals surface area contributed by atoms with Gasteiger partial charge in [0.25, 0.3) is 11.6 Å². The van der Waals surface area contributed by atoms with Crippen LogP contribution >= 0.6 is 0 Å². The number of terminal acetylenes is 1. The zero-order valence-electron chi connectivity index (χ0n) is 22.9. The van der Waals surface area contributed by atoms with E-state index in [0.29, 0.717) is 23.8 Å². The van der Waals surface area contributed by atoms with Crippen molar-refractivity contribution in [1.29, 1.82) is 0 Å². The van der Waals surface area contributed by atoms with Crippen LogP contribution in [0.1, 0.15) is 37.7 Å². The first kappa shape index (κ1) is 27.1. The van der Waals surface area contributed by atoms with Crippen molar-refractivity contribution in [3.8, 4) is 35.4 Å². The number of nitrogens with zero attached hydrogens (tertiary/aromatic N) is 3. The van der Waals surface area contributed by atoms with Crippen LogP contribution < -0.4 is 15.0 Å². The number of fused-ring (bicyclic) bond motifs is 3. The van der Waals surface area contributed by atoms with Gasteiger partial charge in [-0.25, -0.2) is 8.78 Å². The fourth-order valence-corrected chi connectivity index (χ4v) is 6.64. The van der Waals surface area contributed by atoms with Gasteiger partial charge in [-0.3, -0.25) is 14.8 Å². The van der Waals surface area contributed by atoms with Crippen LogP contribution in [0.15, 0.2) is 35.3 Å². The molecule has 1 saturated carbocycles. The first-order chi connectivity index (χ1) is 19.8. The second-order valence-electron chi connectivity index (χ2n) is 10.9. The molecule has 2 aliphatic rings. The number of halogens is 2. The summed E-state index contributed by atoms with van der Waals surface area (Å²) in [6.45, 7) is 1.37. The summed E-state index contributed by atoms with van der Waals surface area (Å²) in [6, 6.07) is 6.30. The van der Waals surface area contributed by atoms with Gasteiger partial charge in [0, 0.05) is 35.7 Å². The molecule has 0 radical (unpaired) electrons. The first-order valence-electron chi connectivity index (χ1n) is 13.6. The summed E-state index contributed by atoms with van der Waals surface area (Å²) < 4.78 is 47.7. The maximum absolute atomic E-state index is 16.3. The summed E-state index contributed by atoms with van der Waals surface area (Å²) >= 11 is 0.